The van der Waals surface area contributed by atoms with Crippen LogP contribution in [-0.2, 0) is 31.9 Å². The van der Waals surface area contributed by atoms with Gasteiger partial charge in [0, 0.05) is 37.1 Å². The van der Waals surface area contributed by atoms with Gasteiger partial charge in [0.2, 0.25) is 0 Å². The van der Waals surface area contributed by atoms with E-state index >= 15 is 0 Å². The summed E-state index contributed by atoms with van der Waals surface area (Å²) in [6.45, 7) is 11.1. The molecule has 0 atom stereocenters. The van der Waals surface area contributed by atoms with Gasteiger partial charge in [-0.15, -0.1) is 23.8 Å². The Morgan fingerprint density at radius 3 is 1.80 bits per heavy atom. The average Bonchev–Trinajstić information content (AvgIpc) is 3.77. The number of fused-ring (bicyclic) bond motifs is 1. The van der Waals surface area contributed by atoms with E-state index in [0.29, 0.717) is 28.1 Å². The molecule has 0 fully saturated rings. The zero-order valence-electron chi connectivity index (χ0n) is 41.6. The molecule has 2 aromatic heterocycles. The fourth-order valence-electron chi connectivity index (χ4n) is 9.46. The van der Waals surface area contributed by atoms with Crippen LogP contribution in [0.4, 0.5) is 0 Å². The summed E-state index contributed by atoms with van der Waals surface area (Å²) >= 11 is 0. The molecule has 0 aliphatic heterocycles. The zero-order valence-corrected chi connectivity index (χ0v) is 40.9. The number of rotatable bonds is 13. The van der Waals surface area contributed by atoms with Crippen LogP contribution < -0.4 is 0 Å². The van der Waals surface area contributed by atoms with Crippen LogP contribution in [0.2, 0.25) is 0 Å². The van der Waals surface area contributed by atoms with Crippen molar-refractivity contribution >= 4 is 11.0 Å². The normalized spacial score (nSPS) is 12.6. The maximum absolute atomic E-state index is 11.5. The molecular weight excluding hydrogens is 986 g/mol. The Labute approximate surface area is 410 Å². The molecule has 0 spiro atoms. The minimum Gasteiger partial charge on any atom is -0.507 e. The summed E-state index contributed by atoms with van der Waals surface area (Å²) in [4.78, 5) is 10.2. The number of hydrogen-bond donors (Lipinski definition) is 1. The number of benzene rings is 7. The first-order valence-electron chi connectivity index (χ1n) is 24.5. The second-order valence-electron chi connectivity index (χ2n) is 17.8. The molecule has 0 radical (unpaired) electrons. The minimum absolute atomic E-state index is 0. The number of nitrogens with zero attached hydrogens (tertiary/aromatic N) is 3. The van der Waals surface area contributed by atoms with E-state index in [-0.39, 0.29) is 43.2 Å². The summed E-state index contributed by atoms with van der Waals surface area (Å²) in [5.41, 5.74) is 14.1. The molecule has 66 heavy (non-hydrogen) atoms. The monoisotopic (exact) mass is 1050 g/mol. The Morgan fingerprint density at radius 2 is 1.17 bits per heavy atom. The predicted octanol–water partition coefficient (Wildman–Crippen LogP) is 16.4. The number of phenols is 1. The summed E-state index contributed by atoms with van der Waals surface area (Å²) in [6.07, 6.45) is 5.60. The molecule has 2 heterocycles. The molecule has 0 bridgehead atoms. The number of aryl methyl sites for hydroxylation is 1. The van der Waals surface area contributed by atoms with Crippen LogP contribution in [0.5, 0.6) is 5.75 Å². The van der Waals surface area contributed by atoms with Crippen LogP contribution in [0.3, 0.4) is 0 Å². The molecule has 0 amide bonds. The molecule has 5 heteroatoms. The molecule has 0 unspecified atom stereocenters. The van der Waals surface area contributed by atoms with Gasteiger partial charge in [-0.3, -0.25) is 9.55 Å². The van der Waals surface area contributed by atoms with Gasteiger partial charge in [0.25, 0.3) is 0 Å². The van der Waals surface area contributed by atoms with Crippen LogP contribution in [0.15, 0.2) is 170 Å². The number of pyridine rings is 1. The third kappa shape index (κ3) is 8.49. The Bertz CT molecular complexity index is 3230. The van der Waals surface area contributed by atoms with Gasteiger partial charge < -0.3 is 5.11 Å². The molecule has 334 valence electrons. The van der Waals surface area contributed by atoms with E-state index < -0.39 is 6.85 Å². The van der Waals surface area contributed by atoms with Gasteiger partial charge in [-0.25, -0.2) is 4.98 Å². The Balaban J connectivity index is 0.00000642. The van der Waals surface area contributed by atoms with E-state index in [1.165, 1.54) is 11.1 Å². The van der Waals surface area contributed by atoms with Gasteiger partial charge in [0.1, 0.15) is 11.6 Å². The third-order valence-corrected chi connectivity index (χ3v) is 14.3. The van der Waals surface area contributed by atoms with Crippen LogP contribution in [0, 0.1) is 12.9 Å². The van der Waals surface area contributed by atoms with Crippen molar-refractivity contribution in [1.29, 1.82) is 0 Å². The summed E-state index contributed by atoms with van der Waals surface area (Å²) < 4.78 is 29.5. The van der Waals surface area contributed by atoms with E-state index in [0.717, 1.165) is 81.4 Å². The van der Waals surface area contributed by atoms with Gasteiger partial charge >= 0.3 is 0 Å². The number of hydrogen-bond acceptors (Lipinski definition) is 3. The standard InChI is InChI=1S/C61H58N3O.Pt/c1-8-60(6,9-2)51-28-21-29-52(61(7,10-3)11-4)57(51)45-32-33-54(41(5)36-45)64-55-30-20-27-49(58(55)63-59(64)50-26-18-19-31-56(50)65)47-37-46(43-24-16-13-17-25-43)38-48(39-47)53-40-44(34-35-62-53)42-22-14-12-15-23-42;/h12-38,40,65H,8-11H2,1-7H3;/q-1;/i5D3;. The smallest absolute Gasteiger partial charge is 0.148 e. The average molecular weight is 1050 g/mol. The molecule has 0 saturated heterocycles. The number of phenolic OH excluding ortho intramolecular Hbond substituents is 1. The molecular formula is C61H58N3OPt-. The second kappa shape index (κ2) is 19.2. The van der Waals surface area contributed by atoms with E-state index in [4.69, 9.17) is 9.97 Å². The first-order chi connectivity index (χ1) is 32.8. The maximum Gasteiger partial charge on any atom is 0.148 e. The van der Waals surface area contributed by atoms with Crippen LogP contribution in [-0.4, -0.2) is 19.6 Å². The fourth-order valence-corrected chi connectivity index (χ4v) is 9.46. The third-order valence-electron chi connectivity index (χ3n) is 14.3. The van der Waals surface area contributed by atoms with Gasteiger partial charge in [-0.1, -0.05) is 173 Å². The molecule has 0 aliphatic rings. The first kappa shape index (κ1) is 42.3. The summed E-state index contributed by atoms with van der Waals surface area (Å²) in [5.74, 6) is 0.466. The zero-order chi connectivity index (χ0) is 47.8. The topological polar surface area (TPSA) is 50.9 Å². The Morgan fingerprint density at radius 1 is 0.576 bits per heavy atom. The van der Waals surface area contributed by atoms with Crippen molar-refractivity contribution in [1.82, 2.24) is 14.5 Å². The maximum atomic E-state index is 11.5. The summed E-state index contributed by atoms with van der Waals surface area (Å²) in [5, 5.41) is 11.5. The molecule has 7 aromatic carbocycles. The van der Waals surface area contributed by atoms with Crippen LogP contribution in [0.1, 0.15) is 88.0 Å². The van der Waals surface area contributed by atoms with Crippen molar-refractivity contribution in [2.24, 2.45) is 0 Å². The van der Waals surface area contributed by atoms with Gasteiger partial charge in [0.15, 0.2) is 0 Å². The second-order valence-corrected chi connectivity index (χ2v) is 17.8. The van der Waals surface area contributed by atoms with E-state index in [1.807, 2.05) is 95.7 Å². The Kier molecular flexibility index (Phi) is 12.3. The van der Waals surface area contributed by atoms with E-state index in [2.05, 4.69) is 114 Å². The summed E-state index contributed by atoms with van der Waals surface area (Å²) in [7, 11) is 0. The van der Waals surface area contributed by atoms with Gasteiger partial charge in [-0.05, 0) is 124 Å². The quantitative estimate of drug-likeness (QED) is 0.117. The number of para-hydroxylation sites is 2. The van der Waals surface area contributed by atoms with Crippen molar-refractivity contribution in [3.05, 3.63) is 193 Å². The van der Waals surface area contributed by atoms with Gasteiger partial charge in [-0.2, -0.15) is 0 Å². The van der Waals surface area contributed by atoms with E-state index in [1.54, 1.807) is 12.1 Å². The molecule has 9 rings (SSSR count). The van der Waals surface area contributed by atoms with Crippen LogP contribution in [0.25, 0.3) is 83.9 Å². The number of imidazole rings is 1. The van der Waals surface area contributed by atoms with Crippen molar-refractivity contribution in [2.75, 3.05) is 0 Å². The number of aromatic hydroxyl groups is 1. The summed E-state index contributed by atoms with van der Waals surface area (Å²) in [6, 6.07) is 58.4. The Hall–Kier alpha value is -6.35. The molecule has 0 saturated carbocycles. The molecule has 9 aromatic rings. The minimum atomic E-state index is -2.52. The molecule has 1 N–H and O–H groups in total. The molecule has 0 aliphatic carbocycles. The SMILES string of the molecule is [2H]C([2H])([2H])c1cc(-c2c(C(C)(CC)CC)cccc2C(C)(CC)CC)ccc1-n1c(-c2ccccc2O)nc2c(-c3[c-]c(-c4cc(-c5ccccc5)ccn4)cc(-c4ccccc4)c3)cccc21.[Pt]. The predicted molar refractivity (Wildman–Crippen MR) is 273 cm³/mol. The molecule has 4 nitrogen and oxygen atoms in total. The van der Waals surface area contributed by atoms with Crippen molar-refractivity contribution < 1.29 is 30.3 Å². The first-order valence-corrected chi connectivity index (χ1v) is 23.0. The van der Waals surface area contributed by atoms with Crippen molar-refractivity contribution in [3.63, 3.8) is 0 Å². The van der Waals surface area contributed by atoms with Gasteiger partial charge in [0.05, 0.1) is 22.3 Å². The van der Waals surface area contributed by atoms with E-state index in [9.17, 15) is 9.22 Å². The van der Waals surface area contributed by atoms with Crippen molar-refractivity contribution in [2.45, 2.75) is 84.9 Å². The fraction of sp³-hybridized carbons (Fsp3) is 0.213. The number of aromatic nitrogens is 3. The largest absolute Gasteiger partial charge is 0.507 e. The van der Waals surface area contributed by atoms with Crippen molar-refractivity contribution in [3.8, 4) is 78.6 Å². The van der Waals surface area contributed by atoms with Crippen LogP contribution >= 0.6 is 0 Å².